The van der Waals surface area contributed by atoms with Crippen molar-refractivity contribution < 1.29 is 9.52 Å². The second-order valence-corrected chi connectivity index (χ2v) is 6.38. The Labute approximate surface area is 116 Å². The van der Waals surface area contributed by atoms with Gasteiger partial charge in [-0.3, -0.25) is 4.90 Å². The summed E-state index contributed by atoms with van der Waals surface area (Å²) in [6.45, 7) is 6.40. The quantitative estimate of drug-likeness (QED) is 0.934. The molecule has 0 spiro atoms. The zero-order chi connectivity index (χ0) is 13.5. The van der Waals surface area contributed by atoms with Gasteiger partial charge in [0.2, 0.25) is 0 Å². The zero-order valence-electron chi connectivity index (χ0n) is 11.2. The first-order valence-electron chi connectivity index (χ1n) is 6.50. The molecular weight excluding hydrogens is 260 g/mol. The molecule has 0 aliphatic carbocycles. The predicted octanol–water partition coefficient (Wildman–Crippen LogP) is 2.61. The molecule has 2 aromatic rings. The first kappa shape index (κ1) is 12.8. The predicted molar refractivity (Wildman–Crippen MR) is 74.9 cm³/mol. The molecule has 3 rings (SSSR count). The summed E-state index contributed by atoms with van der Waals surface area (Å²) < 4.78 is 5.34. The smallest absolute Gasteiger partial charge is 0.162 e. The maximum Gasteiger partial charge on any atom is 0.162 e. The lowest BCUT2D eigenvalue weighted by Gasteiger charge is -2.49. The van der Waals surface area contributed by atoms with Crippen molar-refractivity contribution in [3.63, 3.8) is 0 Å². The van der Waals surface area contributed by atoms with Gasteiger partial charge in [0, 0.05) is 25.0 Å². The molecule has 1 saturated heterocycles. The van der Waals surface area contributed by atoms with Crippen LogP contribution in [0.3, 0.4) is 0 Å². The lowest BCUT2D eigenvalue weighted by Crippen LogP contribution is -2.63. The van der Waals surface area contributed by atoms with Crippen LogP contribution < -0.4 is 0 Å². The standard InChI is InChI=1S/C14H18N2O2S/c1-10(2)14(17)8-16(9-14)6-11-7-19-13(15-11)12-4-3-5-18-12/h3-5,7,10,17H,6,8-9H2,1-2H3. The number of likely N-dealkylation sites (tertiary alicyclic amines) is 1. The number of β-amino-alcohol motifs (C(OH)–C–C–N with tert-alkyl or cyclic N) is 1. The van der Waals surface area contributed by atoms with Crippen molar-refractivity contribution in [1.29, 1.82) is 0 Å². The highest BCUT2D eigenvalue weighted by Crippen LogP contribution is 2.31. The van der Waals surface area contributed by atoms with Gasteiger partial charge in [-0.15, -0.1) is 11.3 Å². The lowest BCUT2D eigenvalue weighted by atomic mass is 9.83. The summed E-state index contributed by atoms with van der Waals surface area (Å²) in [5.74, 6) is 1.12. The Kier molecular flexibility index (Phi) is 3.20. The second kappa shape index (κ2) is 4.74. The molecule has 0 unspecified atom stereocenters. The molecule has 0 saturated carbocycles. The van der Waals surface area contributed by atoms with Gasteiger partial charge in [0.05, 0.1) is 17.6 Å². The van der Waals surface area contributed by atoms with Gasteiger partial charge >= 0.3 is 0 Å². The third kappa shape index (κ3) is 2.45. The first-order valence-corrected chi connectivity index (χ1v) is 7.38. The fourth-order valence-corrected chi connectivity index (χ4v) is 3.10. The van der Waals surface area contributed by atoms with Crippen LogP contribution >= 0.6 is 11.3 Å². The Hall–Kier alpha value is -1.17. The Morgan fingerprint density at radius 2 is 2.32 bits per heavy atom. The average Bonchev–Trinajstić information content (AvgIpc) is 2.96. The van der Waals surface area contributed by atoms with Crippen LogP contribution in [0.2, 0.25) is 0 Å². The van der Waals surface area contributed by atoms with Gasteiger partial charge in [-0.05, 0) is 18.1 Å². The fraction of sp³-hybridized carbons (Fsp3) is 0.500. The van der Waals surface area contributed by atoms with E-state index in [9.17, 15) is 5.11 Å². The van der Waals surface area contributed by atoms with Crippen LogP contribution in [-0.4, -0.2) is 33.7 Å². The molecule has 2 aromatic heterocycles. The Morgan fingerprint density at radius 3 is 2.95 bits per heavy atom. The zero-order valence-corrected chi connectivity index (χ0v) is 12.0. The summed E-state index contributed by atoms with van der Waals surface area (Å²) in [5.41, 5.74) is 0.530. The van der Waals surface area contributed by atoms with E-state index in [1.807, 2.05) is 12.1 Å². The van der Waals surface area contributed by atoms with E-state index in [0.29, 0.717) is 5.92 Å². The van der Waals surface area contributed by atoms with Crippen molar-refractivity contribution >= 4 is 11.3 Å². The number of furan rings is 1. The highest BCUT2D eigenvalue weighted by Gasteiger charge is 2.43. The van der Waals surface area contributed by atoms with E-state index in [1.165, 1.54) is 0 Å². The molecule has 0 bridgehead atoms. The maximum absolute atomic E-state index is 10.2. The molecule has 1 aliphatic rings. The van der Waals surface area contributed by atoms with Crippen LogP contribution in [0.25, 0.3) is 10.8 Å². The van der Waals surface area contributed by atoms with Crippen LogP contribution in [0, 0.1) is 5.92 Å². The molecule has 3 heterocycles. The molecule has 5 heteroatoms. The van der Waals surface area contributed by atoms with E-state index < -0.39 is 5.60 Å². The largest absolute Gasteiger partial charge is 0.462 e. The average molecular weight is 278 g/mol. The van der Waals surface area contributed by atoms with Crippen molar-refractivity contribution in [1.82, 2.24) is 9.88 Å². The monoisotopic (exact) mass is 278 g/mol. The van der Waals surface area contributed by atoms with Crippen molar-refractivity contribution in [3.05, 3.63) is 29.5 Å². The normalized spacial score (nSPS) is 18.7. The van der Waals surface area contributed by atoms with Crippen LogP contribution in [-0.2, 0) is 6.54 Å². The number of nitrogens with zero attached hydrogens (tertiary/aromatic N) is 2. The molecule has 0 amide bonds. The van der Waals surface area contributed by atoms with Gasteiger partial charge in [-0.2, -0.15) is 0 Å². The molecule has 4 nitrogen and oxygen atoms in total. The third-order valence-electron chi connectivity index (χ3n) is 3.74. The number of hydrogen-bond acceptors (Lipinski definition) is 5. The van der Waals surface area contributed by atoms with Crippen molar-refractivity contribution in [2.24, 2.45) is 5.92 Å². The van der Waals surface area contributed by atoms with Crippen molar-refractivity contribution in [2.75, 3.05) is 13.1 Å². The molecular formula is C14H18N2O2S. The Bertz CT molecular complexity index is 542. The van der Waals surface area contributed by atoms with Gasteiger partial charge in [0.25, 0.3) is 0 Å². The molecule has 1 aliphatic heterocycles. The minimum absolute atomic E-state index is 0.304. The van der Waals surface area contributed by atoms with E-state index in [0.717, 1.165) is 36.1 Å². The van der Waals surface area contributed by atoms with Crippen LogP contribution in [0.1, 0.15) is 19.5 Å². The highest BCUT2D eigenvalue weighted by molar-refractivity contribution is 7.13. The van der Waals surface area contributed by atoms with Crippen LogP contribution in [0.4, 0.5) is 0 Å². The van der Waals surface area contributed by atoms with E-state index in [2.05, 4.69) is 29.1 Å². The van der Waals surface area contributed by atoms with Gasteiger partial charge < -0.3 is 9.52 Å². The van der Waals surface area contributed by atoms with Gasteiger partial charge in [-0.25, -0.2) is 4.98 Å². The van der Waals surface area contributed by atoms with E-state index in [-0.39, 0.29) is 0 Å². The highest BCUT2D eigenvalue weighted by atomic mass is 32.1. The first-order chi connectivity index (χ1) is 9.07. The molecule has 1 fully saturated rings. The Morgan fingerprint density at radius 1 is 1.53 bits per heavy atom. The van der Waals surface area contributed by atoms with E-state index in [4.69, 9.17) is 4.42 Å². The summed E-state index contributed by atoms with van der Waals surface area (Å²) in [6.07, 6.45) is 1.66. The van der Waals surface area contributed by atoms with Crippen LogP contribution in [0.15, 0.2) is 28.2 Å². The summed E-state index contributed by atoms with van der Waals surface area (Å²) in [7, 11) is 0. The molecule has 1 N–H and O–H groups in total. The topological polar surface area (TPSA) is 49.5 Å². The number of aromatic nitrogens is 1. The van der Waals surface area contributed by atoms with Gasteiger partial charge in [0.15, 0.2) is 10.8 Å². The number of aliphatic hydroxyl groups is 1. The molecule has 0 atom stereocenters. The minimum Gasteiger partial charge on any atom is -0.462 e. The summed E-state index contributed by atoms with van der Waals surface area (Å²) in [6, 6.07) is 3.79. The van der Waals surface area contributed by atoms with Gasteiger partial charge in [-0.1, -0.05) is 13.8 Å². The maximum atomic E-state index is 10.2. The molecule has 0 radical (unpaired) electrons. The summed E-state index contributed by atoms with van der Waals surface area (Å²) in [5, 5.41) is 13.2. The number of thiazole rings is 1. The van der Waals surface area contributed by atoms with Gasteiger partial charge in [0.1, 0.15) is 0 Å². The summed E-state index contributed by atoms with van der Waals surface area (Å²) >= 11 is 1.60. The second-order valence-electron chi connectivity index (χ2n) is 5.52. The fourth-order valence-electron chi connectivity index (χ4n) is 2.33. The SMILES string of the molecule is CC(C)C1(O)CN(Cc2csc(-c3ccco3)n2)C1. The minimum atomic E-state index is -0.514. The number of hydrogen-bond donors (Lipinski definition) is 1. The molecule has 0 aromatic carbocycles. The Balaban J connectivity index is 1.61. The molecule has 19 heavy (non-hydrogen) atoms. The number of rotatable bonds is 4. The third-order valence-corrected chi connectivity index (χ3v) is 4.64. The van der Waals surface area contributed by atoms with E-state index >= 15 is 0 Å². The van der Waals surface area contributed by atoms with Crippen molar-refractivity contribution in [2.45, 2.75) is 26.0 Å². The van der Waals surface area contributed by atoms with Crippen LogP contribution in [0.5, 0.6) is 0 Å². The molecule has 102 valence electrons. The van der Waals surface area contributed by atoms with Crippen molar-refractivity contribution in [3.8, 4) is 10.8 Å². The summed E-state index contributed by atoms with van der Waals surface area (Å²) in [4.78, 5) is 6.79. The lowest BCUT2D eigenvalue weighted by molar-refractivity contribution is -0.131. The van der Waals surface area contributed by atoms with E-state index in [1.54, 1.807) is 17.6 Å².